The molecule has 1 aromatic heterocycles. The third kappa shape index (κ3) is 6.19. The molecule has 0 aliphatic rings. The number of carboxylic acids is 1. The Morgan fingerprint density at radius 3 is 2.59 bits per heavy atom. The van der Waals surface area contributed by atoms with Crippen molar-refractivity contribution >= 4 is 51.7 Å². The lowest BCUT2D eigenvalue weighted by Gasteiger charge is -2.13. The number of rotatable bonds is 10. The second-order valence-corrected chi connectivity index (χ2v) is 9.23. The molecule has 200 valence electrons. The van der Waals surface area contributed by atoms with Crippen LogP contribution in [-0.4, -0.2) is 36.2 Å². The average Bonchev–Trinajstić information content (AvgIpc) is 2.91. The summed E-state index contributed by atoms with van der Waals surface area (Å²) in [5, 5.41) is 24.1. The van der Waals surface area contributed by atoms with E-state index in [1.165, 1.54) is 17.8 Å². The van der Waals surface area contributed by atoms with Crippen molar-refractivity contribution in [3.05, 3.63) is 94.6 Å². The number of nitrogens with zero attached hydrogens (tertiary/aromatic N) is 1. The van der Waals surface area contributed by atoms with E-state index in [0.717, 1.165) is 22.3 Å². The highest BCUT2D eigenvalue weighted by atomic mass is 35.5. The summed E-state index contributed by atoms with van der Waals surface area (Å²) in [6.45, 7) is 1.81. The third-order valence-electron chi connectivity index (χ3n) is 6.26. The molecular weight excluding hydrogens is 520 g/mol. The highest BCUT2D eigenvalue weighted by Gasteiger charge is 2.23. The molecule has 0 amide bonds. The molecular formula is C30H28ClN2O6+. The predicted molar refractivity (Wildman–Crippen MR) is 150 cm³/mol. The lowest BCUT2D eigenvalue weighted by molar-refractivity contribution is -0.736. The van der Waals surface area contributed by atoms with E-state index in [0.29, 0.717) is 33.2 Å². The number of ether oxygens (including phenoxy) is 2. The van der Waals surface area contributed by atoms with Crippen molar-refractivity contribution in [2.45, 2.75) is 19.6 Å². The van der Waals surface area contributed by atoms with Gasteiger partial charge in [0.1, 0.15) is 6.42 Å². The van der Waals surface area contributed by atoms with Crippen LogP contribution in [0.3, 0.4) is 0 Å². The molecule has 0 unspecified atom stereocenters. The number of hydrogen-bond donors (Lipinski definition) is 3. The van der Waals surface area contributed by atoms with Gasteiger partial charge in [0.2, 0.25) is 5.52 Å². The summed E-state index contributed by atoms with van der Waals surface area (Å²) >= 11 is 6.20. The second-order valence-electron chi connectivity index (χ2n) is 8.80. The second kappa shape index (κ2) is 12.0. The number of aromatic nitrogens is 1. The van der Waals surface area contributed by atoms with Gasteiger partial charge in [-0.15, -0.1) is 0 Å². The molecule has 4 aromatic rings. The Morgan fingerprint density at radius 1 is 1.08 bits per heavy atom. The van der Waals surface area contributed by atoms with E-state index in [1.807, 2.05) is 31.2 Å². The van der Waals surface area contributed by atoms with Crippen LogP contribution < -0.4 is 19.4 Å². The van der Waals surface area contributed by atoms with Gasteiger partial charge in [-0.25, -0.2) is 0 Å². The molecule has 0 aliphatic carbocycles. The molecule has 9 heteroatoms. The number of fused-ring (bicyclic) bond motifs is 1. The van der Waals surface area contributed by atoms with Gasteiger partial charge in [-0.2, -0.15) is 4.57 Å². The number of aliphatic hydroxyl groups excluding tert-OH is 1. The molecule has 4 rings (SSSR count). The number of ketones is 1. The van der Waals surface area contributed by atoms with Crippen LogP contribution >= 0.6 is 11.6 Å². The number of benzene rings is 3. The van der Waals surface area contributed by atoms with Crippen molar-refractivity contribution in [1.29, 1.82) is 0 Å². The van der Waals surface area contributed by atoms with Gasteiger partial charge < -0.3 is 25.0 Å². The van der Waals surface area contributed by atoms with Gasteiger partial charge in [-0.1, -0.05) is 29.8 Å². The van der Waals surface area contributed by atoms with Crippen LogP contribution in [0.2, 0.25) is 5.02 Å². The molecule has 1 atom stereocenters. The summed E-state index contributed by atoms with van der Waals surface area (Å²) in [6.07, 6.45) is 3.16. The summed E-state index contributed by atoms with van der Waals surface area (Å²) in [6, 6.07) is 17.9. The van der Waals surface area contributed by atoms with E-state index >= 15 is 0 Å². The van der Waals surface area contributed by atoms with Gasteiger partial charge in [0, 0.05) is 34.0 Å². The van der Waals surface area contributed by atoms with Gasteiger partial charge >= 0.3 is 5.97 Å². The van der Waals surface area contributed by atoms with Crippen molar-refractivity contribution in [1.82, 2.24) is 0 Å². The summed E-state index contributed by atoms with van der Waals surface area (Å²) in [5.41, 5.74) is 4.11. The maximum atomic E-state index is 12.9. The quantitative estimate of drug-likeness (QED) is 0.132. The number of pyridine rings is 1. The van der Waals surface area contributed by atoms with Crippen LogP contribution in [0, 0.1) is 6.92 Å². The molecule has 0 radical (unpaired) electrons. The van der Waals surface area contributed by atoms with Gasteiger partial charge in [-0.05, 0) is 55.0 Å². The Kier molecular flexibility index (Phi) is 8.49. The van der Waals surface area contributed by atoms with E-state index in [4.69, 9.17) is 26.2 Å². The first-order valence-electron chi connectivity index (χ1n) is 12.1. The molecule has 0 aliphatic heterocycles. The fraction of sp³-hybridized carbons (Fsp3) is 0.167. The number of nitrogens with one attached hydrogen (secondary N) is 1. The van der Waals surface area contributed by atoms with Crippen LogP contribution in [-0.2, 0) is 4.79 Å². The first-order chi connectivity index (χ1) is 18.7. The average molecular weight is 548 g/mol. The molecule has 8 nitrogen and oxygen atoms in total. The van der Waals surface area contributed by atoms with Gasteiger partial charge in [0.25, 0.3) is 6.23 Å². The molecule has 0 spiro atoms. The van der Waals surface area contributed by atoms with Crippen molar-refractivity contribution in [2.75, 3.05) is 19.5 Å². The molecule has 1 heterocycles. The standard InChI is InChI=1S/C30H27ClN2O6/c1-18-22(10-12-27(38-2)30(18)39-3)26(34)11-7-19-5-4-6-21(15-19)32-24-13-14-33(28(35)17-29(36)37)25-16-20(31)8-9-23(24)25/h4-16,28,35H,17H2,1-3H3,(H,36,37)/p+1/b11-7+/t28-/m1/s1. The molecule has 3 N–H and O–H groups in total. The maximum absolute atomic E-state index is 12.9. The van der Waals surface area contributed by atoms with E-state index in [2.05, 4.69) is 5.32 Å². The Labute approximate surface area is 230 Å². The molecule has 3 aromatic carbocycles. The minimum absolute atomic E-state index is 0.165. The van der Waals surface area contributed by atoms with Crippen molar-refractivity contribution in [3.63, 3.8) is 0 Å². The number of anilines is 2. The van der Waals surface area contributed by atoms with Crippen LogP contribution in [0.15, 0.2) is 72.9 Å². The van der Waals surface area contributed by atoms with E-state index in [-0.39, 0.29) is 5.78 Å². The fourth-order valence-corrected chi connectivity index (χ4v) is 4.55. The van der Waals surface area contributed by atoms with Crippen molar-refractivity contribution < 1.29 is 33.8 Å². The molecule has 39 heavy (non-hydrogen) atoms. The fourth-order valence-electron chi connectivity index (χ4n) is 4.38. The van der Waals surface area contributed by atoms with Crippen LogP contribution in [0.5, 0.6) is 11.5 Å². The Bertz CT molecular complexity index is 1580. The minimum atomic E-state index is -1.25. The topological polar surface area (TPSA) is 109 Å². The number of carboxylic acid groups (broad SMARTS) is 1. The molecule has 0 saturated heterocycles. The molecule has 0 saturated carbocycles. The summed E-state index contributed by atoms with van der Waals surface area (Å²) in [7, 11) is 3.09. The number of carbonyl (C=O) groups excluding carboxylic acids is 1. The number of aliphatic carboxylic acids is 1. The zero-order valence-electron chi connectivity index (χ0n) is 21.6. The number of carbonyl (C=O) groups is 2. The van der Waals surface area contributed by atoms with E-state index in [9.17, 15) is 14.7 Å². The maximum Gasteiger partial charge on any atom is 0.312 e. The molecule has 0 bridgehead atoms. The number of methoxy groups -OCH3 is 2. The van der Waals surface area contributed by atoms with E-state index < -0.39 is 18.6 Å². The predicted octanol–water partition coefficient (Wildman–Crippen LogP) is 5.71. The zero-order chi connectivity index (χ0) is 28.1. The van der Waals surface area contributed by atoms with E-state index in [1.54, 1.807) is 55.8 Å². The minimum Gasteiger partial charge on any atom is -0.493 e. The summed E-state index contributed by atoms with van der Waals surface area (Å²) in [5.74, 6) is -0.192. The van der Waals surface area contributed by atoms with Crippen LogP contribution in [0.4, 0.5) is 11.4 Å². The Balaban J connectivity index is 1.60. The first kappa shape index (κ1) is 27.6. The summed E-state index contributed by atoms with van der Waals surface area (Å²) in [4.78, 5) is 24.1. The highest BCUT2D eigenvalue weighted by Crippen LogP contribution is 2.33. The van der Waals surface area contributed by atoms with Gasteiger partial charge in [0.05, 0.1) is 25.3 Å². The number of halogens is 1. The van der Waals surface area contributed by atoms with Crippen LogP contribution in [0.25, 0.3) is 17.0 Å². The largest absolute Gasteiger partial charge is 0.493 e. The normalized spacial score (nSPS) is 11.9. The molecule has 0 fully saturated rings. The lowest BCUT2D eigenvalue weighted by Crippen LogP contribution is -2.41. The Hall–Kier alpha value is -4.40. The smallest absolute Gasteiger partial charge is 0.312 e. The van der Waals surface area contributed by atoms with Crippen molar-refractivity contribution in [3.8, 4) is 11.5 Å². The number of allylic oxidation sites excluding steroid dienone is 1. The van der Waals surface area contributed by atoms with Gasteiger partial charge in [0.15, 0.2) is 23.5 Å². The Morgan fingerprint density at radius 2 is 1.87 bits per heavy atom. The van der Waals surface area contributed by atoms with Crippen LogP contribution in [0.1, 0.15) is 34.1 Å². The van der Waals surface area contributed by atoms with Gasteiger partial charge in [-0.3, -0.25) is 9.59 Å². The number of hydrogen-bond acceptors (Lipinski definition) is 6. The third-order valence-corrected chi connectivity index (χ3v) is 6.50. The number of aliphatic hydroxyl groups is 1. The highest BCUT2D eigenvalue weighted by molar-refractivity contribution is 6.31. The lowest BCUT2D eigenvalue weighted by atomic mass is 10.0. The first-order valence-corrected chi connectivity index (χ1v) is 12.4. The zero-order valence-corrected chi connectivity index (χ0v) is 22.4. The van der Waals surface area contributed by atoms with Crippen molar-refractivity contribution in [2.24, 2.45) is 0 Å². The summed E-state index contributed by atoms with van der Waals surface area (Å²) < 4.78 is 12.2. The monoisotopic (exact) mass is 547 g/mol. The SMILES string of the molecule is COc1ccc(C(=O)/C=C/c2cccc(Nc3cc[n+]([C@H](O)CC(=O)O)c4cc(Cl)ccc34)c2)c(C)c1OC.